The van der Waals surface area contributed by atoms with Gasteiger partial charge in [-0.05, 0) is 38.5 Å². The molecule has 0 amide bonds. The van der Waals surface area contributed by atoms with E-state index < -0.39 is 0 Å². The molecular formula is C15H26N4O. The summed E-state index contributed by atoms with van der Waals surface area (Å²) < 4.78 is 4.99. The minimum atomic E-state index is -0.0668. The molecule has 5 heteroatoms. The van der Waals surface area contributed by atoms with Crippen molar-refractivity contribution in [1.29, 1.82) is 0 Å². The van der Waals surface area contributed by atoms with Crippen molar-refractivity contribution < 1.29 is 4.74 Å². The van der Waals surface area contributed by atoms with E-state index in [-0.39, 0.29) is 5.54 Å². The molecule has 20 heavy (non-hydrogen) atoms. The van der Waals surface area contributed by atoms with Crippen LogP contribution in [0.2, 0.25) is 0 Å². The van der Waals surface area contributed by atoms with Crippen LogP contribution < -0.4 is 16.4 Å². The number of hydrogen-bond acceptors (Lipinski definition) is 3. The minimum absolute atomic E-state index is 0.0668. The molecule has 0 aliphatic carbocycles. The van der Waals surface area contributed by atoms with Crippen molar-refractivity contribution in [3.63, 3.8) is 0 Å². The van der Waals surface area contributed by atoms with Crippen LogP contribution in [0.1, 0.15) is 26.3 Å². The van der Waals surface area contributed by atoms with Gasteiger partial charge in [-0.25, -0.2) is 4.99 Å². The Bertz CT molecular complexity index is 420. The molecule has 5 nitrogen and oxygen atoms in total. The summed E-state index contributed by atoms with van der Waals surface area (Å²) in [6.45, 7) is 8.23. The lowest BCUT2D eigenvalue weighted by molar-refractivity contribution is 0.211. The van der Waals surface area contributed by atoms with E-state index in [1.165, 1.54) is 0 Å². The standard InChI is InChI=1S/C15H26N4O/c1-15(2,3)19-14(16)18-11-12-5-7-13(8-6-12)17-9-10-20-4/h5-8,17H,9-11H2,1-4H3,(H3,16,18,19). The van der Waals surface area contributed by atoms with Gasteiger partial charge in [-0.3, -0.25) is 0 Å². The Morgan fingerprint density at radius 3 is 2.45 bits per heavy atom. The molecule has 0 spiro atoms. The number of nitrogens with one attached hydrogen (secondary N) is 2. The van der Waals surface area contributed by atoms with E-state index in [9.17, 15) is 0 Å². The highest BCUT2D eigenvalue weighted by Crippen LogP contribution is 2.10. The average Bonchev–Trinajstić information content (AvgIpc) is 2.36. The SMILES string of the molecule is COCCNc1ccc(CN=C(N)NC(C)(C)C)cc1. The first-order valence-electron chi connectivity index (χ1n) is 6.80. The van der Waals surface area contributed by atoms with Crippen LogP contribution in [0.4, 0.5) is 5.69 Å². The fraction of sp³-hybridized carbons (Fsp3) is 0.533. The number of benzene rings is 1. The fourth-order valence-electron chi connectivity index (χ4n) is 1.63. The first-order chi connectivity index (χ1) is 9.40. The highest BCUT2D eigenvalue weighted by Gasteiger charge is 2.09. The lowest BCUT2D eigenvalue weighted by atomic mass is 10.1. The maximum absolute atomic E-state index is 5.83. The molecule has 0 atom stereocenters. The molecule has 0 unspecified atom stereocenters. The van der Waals surface area contributed by atoms with Crippen molar-refractivity contribution >= 4 is 11.6 Å². The number of rotatable bonds is 6. The zero-order valence-electron chi connectivity index (χ0n) is 12.9. The van der Waals surface area contributed by atoms with Gasteiger partial charge >= 0.3 is 0 Å². The Morgan fingerprint density at radius 2 is 1.90 bits per heavy atom. The van der Waals surface area contributed by atoms with Crippen molar-refractivity contribution in [2.24, 2.45) is 10.7 Å². The van der Waals surface area contributed by atoms with Gasteiger partial charge in [0.25, 0.3) is 0 Å². The molecular weight excluding hydrogens is 252 g/mol. The van der Waals surface area contributed by atoms with Crippen LogP contribution in [-0.2, 0) is 11.3 Å². The Morgan fingerprint density at radius 1 is 1.25 bits per heavy atom. The number of anilines is 1. The van der Waals surface area contributed by atoms with Crippen molar-refractivity contribution in [1.82, 2.24) is 5.32 Å². The number of ether oxygens (including phenoxy) is 1. The van der Waals surface area contributed by atoms with E-state index in [1.54, 1.807) is 7.11 Å². The summed E-state index contributed by atoms with van der Waals surface area (Å²) in [6.07, 6.45) is 0. The number of methoxy groups -OCH3 is 1. The maximum atomic E-state index is 5.83. The van der Waals surface area contributed by atoms with Gasteiger partial charge in [0.05, 0.1) is 13.2 Å². The summed E-state index contributed by atoms with van der Waals surface area (Å²) >= 11 is 0. The fourth-order valence-corrected chi connectivity index (χ4v) is 1.63. The van der Waals surface area contributed by atoms with Gasteiger partial charge < -0.3 is 21.1 Å². The molecule has 0 aliphatic rings. The van der Waals surface area contributed by atoms with E-state index in [0.29, 0.717) is 19.1 Å². The van der Waals surface area contributed by atoms with E-state index in [0.717, 1.165) is 17.8 Å². The first-order valence-corrected chi connectivity index (χ1v) is 6.80. The molecule has 0 heterocycles. The number of nitrogens with zero attached hydrogens (tertiary/aromatic N) is 1. The molecule has 4 N–H and O–H groups in total. The molecule has 1 aromatic rings. The van der Waals surface area contributed by atoms with Crippen molar-refractivity contribution in [3.8, 4) is 0 Å². The predicted octanol–water partition coefficient (Wildman–Crippen LogP) is 1.95. The summed E-state index contributed by atoms with van der Waals surface area (Å²) in [7, 11) is 1.69. The molecule has 0 saturated heterocycles. The van der Waals surface area contributed by atoms with E-state index in [4.69, 9.17) is 10.5 Å². The first kappa shape index (κ1) is 16.3. The smallest absolute Gasteiger partial charge is 0.189 e. The van der Waals surface area contributed by atoms with Gasteiger partial charge in [0.1, 0.15) is 0 Å². The third kappa shape index (κ3) is 6.99. The zero-order valence-corrected chi connectivity index (χ0v) is 12.9. The summed E-state index contributed by atoms with van der Waals surface area (Å²) in [5, 5.41) is 6.41. The van der Waals surface area contributed by atoms with Crippen LogP contribution in [0.3, 0.4) is 0 Å². The maximum Gasteiger partial charge on any atom is 0.189 e. The van der Waals surface area contributed by atoms with E-state index in [2.05, 4.69) is 36.4 Å². The molecule has 1 aromatic carbocycles. The Balaban J connectivity index is 2.47. The lowest BCUT2D eigenvalue weighted by Crippen LogP contribution is -2.44. The highest BCUT2D eigenvalue weighted by atomic mass is 16.5. The summed E-state index contributed by atoms with van der Waals surface area (Å²) in [5.74, 6) is 0.472. The van der Waals surface area contributed by atoms with Gasteiger partial charge in [-0.2, -0.15) is 0 Å². The minimum Gasteiger partial charge on any atom is -0.383 e. The average molecular weight is 278 g/mol. The number of guanidine groups is 1. The molecule has 0 bridgehead atoms. The third-order valence-electron chi connectivity index (χ3n) is 2.52. The molecule has 0 saturated carbocycles. The molecule has 0 radical (unpaired) electrons. The van der Waals surface area contributed by atoms with Crippen LogP contribution >= 0.6 is 0 Å². The van der Waals surface area contributed by atoms with Crippen LogP contribution in [0.5, 0.6) is 0 Å². The quantitative estimate of drug-likeness (QED) is 0.422. The van der Waals surface area contributed by atoms with Crippen LogP contribution in [0.15, 0.2) is 29.3 Å². The van der Waals surface area contributed by atoms with Crippen LogP contribution in [0, 0.1) is 0 Å². The molecule has 0 fully saturated rings. The van der Waals surface area contributed by atoms with Gasteiger partial charge in [0.2, 0.25) is 0 Å². The highest BCUT2D eigenvalue weighted by molar-refractivity contribution is 5.78. The topological polar surface area (TPSA) is 71.7 Å². The van der Waals surface area contributed by atoms with E-state index in [1.807, 2.05) is 24.3 Å². The van der Waals surface area contributed by atoms with Crippen LogP contribution in [-0.4, -0.2) is 31.8 Å². The van der Waals surface area contributed by atoms with Gasteiger partial charge in [-0.1, -0.05) is 12.1 Å². The monoisotopic (exact) mass is 278 g/mol. The molecule has 0 aliphatic heterocycles. The summed E-state index contributed by atoms with van der Waals surface area (Å²) in [6, 6.07) is 8.16. The van der Waals surface area contributed by atoms with Gasteiger partial charge in [-0.15, -0.1) is 0 Å². The second-order valence-corrected chi connectivity index (χ2v) is 5.69. The normalized spacial score (nSPS) is 12.3. The van der Waals surface area contributed by atoms with Crippen molar-refractivity contribution in [3.05, 3.63) is 29.8 Å². The second-order valence-electron chi connectivity index (χ2n) is 5.69. The lowest BCUT2D eigenvalue weighted by Gasteiger charge is -2.21. The Hall–Kier alpha value is -1.75. The van der Waals surface area contributed by atoms with Crippen molar-refractivity contribution in [2.75, 3.05) is 25.6 Å². The van der Waals surface area contributed by atoms with Gasteiger partial charge in [0.15, 0.2) is 5.96 Å². The van der Waals surface area contributed by atoms with Gasteiger partial charge in [0, 0.05) is 24.9 Å². The molecule has 112 valence electrons. The second kappa shape index (κ2) is 7.75. The molecule has 0 aromatic heterocycles. The zero-order chi connectivity index (χ0) is 15.0. The summed E-state index contributed by atoms with van der Waals surface area (Å²) in [4.78, 5) is 4.33. The van der Waals surface area contributed by atoms with Crippen LogP contribution in [0.25, 0.3) is 0 Å². The largest absolute Gasteiger partial charge is 0.383 e. The number of aliphatic imine (C=N–C) groups is 1. The van der Waals surface area contributed by atoms with Crippen molar-refractivity contribution in [2.45, 2.75) is 32.9 Å². The predicted molar refractivity (Wildman–Crippen MR) is 85.0 cm³/mol. The molecule has 1 rings (SSSR count). The number of nitrogens with two attached hydrogens (primary N) is 1. The third-order valence-corrected chi connectivity index (χ3v) is 2.52. The Labute approximate surface area is 121 Å². The summed E-state index contributed by atoms with van der Waals surface area (Å²) in [5.41, 5.74) is 7.97. The Kier molecular flexibility index (Phi) is 6.31. The number of hydrogen-bond donors (Lipinski definition) is 3. The van der Waals surface area contributed by atoms with E-state index >= 15 is 0 Å².